The van der Waals surface area contributed by atoms with Gasteiger partial charge in [-0.2, -0.15) is 0 Å². The van der Waals surface area contributed by atoms with Crippen LogP contribution in [-0.2, 0) is 14.9 Å². The van der Waals surface area contributed by atoms with Crippen LogP contribution in [0.5, 0.6) is 0 Å². The second kappa shape index (κ2) is 6.51. The Kier molecular flexibility index (Phi) is 4.89. The van der Waals surface area contributed by atoms with Crippen LogP contribution < -0.4 is 0 Å². The quantitative estimate of drug-likeness (QED) is 0.799. The lowest BCUT2D eigenvalue weighted by Crippen LogP contribution is -2.16. The third-order valence-corrected chi connectivity index (χ3v) is 3.79. The Morgan fingerprint density at radius 3 is 2.73 bits per heavy atom. The van der Waals surface area contributed by atoms with E-state index in [9.17, 15) is 4.79 Å². The minimum absolute atomic E-state index is 0.000573. The molecule has 22 heavy (non-hydrogen) atoms. The van der Waals surface area contributed by atoms with E-state index >= 15 is 0 Å². The number of nitrogens with zero attached hydrogens (tertiary/aromatic N) is 1. The highest BCUT2D eigenvalue weighted by Gasteiger charge is 2.23. The highest BCUT2D eigenvalue weighted by Crippen LogP contribution is 2.23. The van der Waals surface area contributed by atoms with E-state index in [0.29, 0.717) is 24.0 Å². The van der Waals surface area contributed by atoms with Crippen molar-refractivity contribution in [1.82, 2.24) is 0 Å². The van der Waals surface area contributed by atoms with Gasteiger partial charge in [-0.25, -0.2) is 9.79 Å². The summed E-state index contributed by atoms with van der Waals surface area (Å²) in [7, 11) is 0. The van der Waals surface area contributed by atoms with Gasteiger partial charge in [-0.05, 0) is 29.0 Å². The van der Waals surface area contributed by atoms with Gasteiger partial charge in [0.1, 0.15) is 6.61 Å². The van der Waals surface area contributed by atoms with Gasteiger partial charge in [-0.3, -0.25) is 0 Å². The summed E-state index contributed by atoms with van der Waals surface area (Å²) in [5.41, 5.74) is 1.67. The summed E-state index contributed by atoms with van der Waals surface area (Å²) >= 11 is 0. The molecule has 0 bridgehead atoms. The van der Waals surface area contributed by atoms with Gasteiger partial charge >= 0.3 is 5.97 Å². The van der Waals surface area contributed by atoms with E-state index in [0.717, 1.165) is 5.56 Å². The van der Waals surface area contributed by atoms with Crippen molar-refractivity contribution < 1.29 is 14.3 Å². The van der Waals surface area contributed by atoms with Crippen molar-refractivity contribution in [1.29, 1.82) is 0 Å². The molecule has 1 aliphatic heterocycles. The first kappa shape index (κ1) is 16.5. The first-order valence-corrected chi connectivity index (χ1v) is 7.74. The Morgan fingerprint density at radius 1 is 1.41 bits per heavy atom. The molecule has 1 aromatic rings. The molecule has 0 saturated heterocycles. The maximum Gasteiger partial charge on any atom is 0.338 e. The van der Waals surface area contributed by atoms with Gasteiger partial charge in [0.2, 0.25) is 5.90 Å². The third-order valence-electron chi connectivity index (χ3n) is 3.79. The lowest BCUT2D eigenvalue weighted by Gasteiger charge is -2.19. The largest absolute Gasteiger partial charge is 0.476 e. The van der Waals surface area contributed by atoms with E-state index in [2.05, 4.69) is 39.6 Å². The molecular formula is C18H25NO3. The lowest BCUT2D eigenvalue weighted by atomic mass is 9.86. The molecule has 0 fully saturated rings. The Bertz CT molecular complexity index is 570. The van der Waals surface area contributed by atoms with Crippen molar-refractivity contribution in [3.8, 4) is 0 Å². The van der Waals surface area contributed by atoms with E-state index in [-0.39, 0.29) is 24.0 Å². The average Bonchev–Trinajstić information content (AvgIpc) is 2.93. The van der Waals surface area contributed by atoms with E-state index in [1.165, 1.54) is 0 Å². The van der Waals surface area contributed by atoms with Crippen LogP contribution in [0.15, 0.2) is 29.3 Å². The molecule has 1 heterocycles. The summed E-state index contributed by atoms with van der Waals surface area (Å²) in [6, 6.07) is 7.73. The van der Waals surface area contributed by atoms with E-state index in [1.807, 2.05) is 18.2 Å². The molecule has 0 radical (unpaired) electrons. The fraction of sp³-hybridized carbons (Fsp3) is 0.556. The van der Waals surface area contributed by atoms with Crippen molar-refractivity contribution >= 4 is 11.9 Å². The molecule has 1 aliphatic rings. The van der Waals surface area contributed by atoms with Gasteiger partial charge in [-0.1, -0.05) is 46.8 Å². The Balaban J connectivity index is 1.97. The minimum atomic E-state index is -0.342. The molecule has 1 aromatic carbocycles. The summed E-state index contributed by atoms with van der Waals surface area (Å²) < 4.78 is 10.8. The minimum Gasteiger partial charge on any atom is -0.476 e. The number of carbonyl (C=O) groups is 1. The second-order valence-corrected chi connectivity index (χ2v) is 7.05. The maximum absolute atomic E-state index is 12.2. The van der Waals surface area contributed by atoms with Crippen LogP contribution in [0.1, 0.15) is 50.5 Å². The molecule has 0 unspecified atom stereocenters. The van der Waals surface area contributed by atoms with Crippen molar-refractivity contribution in [2.75, 3.05) is 13.2 Å². The normalized spacial score (nSPS) is 18.1. The number of esters is 1. The van der Waals surface area contributed by atoms with Gasteiger partial charge in [-0.15, -0.1) is 0 Å². The molecule has 0 amide bonds. The summed E-state index contributed by atoms with van der Waals surface area (Å²) in [6.45, 7) is 11.2. The van der Waals surface area contributed by atoms with Crippen LogP contribution in [0, 0.1) is 5.92 Å². The summed E-state index contributed by atoms with van der Waals surface area (Å²) in [6.07, 6.45) is 0. The molecule has 0 aliphatic carbocycles. The monoisotopic (exact) mass is 303 g/mol. The van der Waals surface area contributed by atoms with Crippen molar-refractivity contribution in [2.45, 2.75) is 46.1 Å². The Morgan fingerprint density at radius 2 is 2.14 bits per heavy atom. The maximum atomic E-state index is 12.2. The topological polar surface area (TPSA) is 47.9 Å². The van der Waals surface area contributed by atoms with Gasteiger partial charge < -0.3 is 9.47 Å². The van der Waals surface area contributed by atoms with Crippen LogP contribution in [-0.4, -0.2) is 31.1 Å². The SMILES string of the molecule is CC(C)[C@H]1COC(COC(=O)c2cccc(C(C)(C)C)c2)=N1. The standard InChI is InChI=1S/C18H25NO3/c1-12(2)15-10-21-16(19-15)11-22-17(20)13-7-6-8-14(9-13)18(3,4)5/h6-9,12,15H,10-11H2,1-5H3/t15-/m1/s1. The smallest absolute Gasteiger partial charge is 0.338 e. The fourth-order valence-corrected chi connectivity index (χ4v) is 2.18. The van der Waals surface area contributed by atoms with Gasteiger partial charge in [0, 0.05) is 0 Å². The van der Waals surface area contributed by atoms with E-state index in [1.54, 1.807) is 6.07 Å². The zero-order valence-corrected chi connectivity index (χ0v) is 14.1. The van der Waals surface area contributed by atoms with Crippen LogP contribution in [0.2, 0.25) is 0 Å². The first-order valence-electron chi connectivity index (χ1n) is 7.74. The summed E-state index contributed by atoms with van der Waals surface area (Å²) in [4.78, 5) is 16.6. The molecule has 0 saturated carbocycles. The molecule has 0 aromatic heterocycles. The fourth-order valence-electron chi connectivity index (χ4n) is 2.18. The van der Waals surface area contributed by atoms with Gasteiger partial charge in [0.25, 0.3) is 0 Å². The predicted molar refractivity (Wildman–Crippen MR) is 87.4 cm³/mol. The molecule has 0 spiro atoms. The molecule has 2 rings (SSSR count). The van der Waals surface area contributed by atoms with Crippen molar-refractivity contribution in [3.63, 3.8) is 0 Å². The van der Waals surface area contributed by atoms with Crippen LogP contribution in [0.25, 0.3) is 0 Å². The highest BCUT2D eigenvalue weighted by atomic mass is 16.6. The molecule has 0 N–H and O–H groups in total. The zero-order chi connectivity index (χ0) is 16.3. The predicted octanol–water partition coefficient (Wildman–Crippen LogP) is 3.59. The molecule has 1 atom stereocenters. The number of hydrogen-bond acceptors (Lipinski definition) is 4. The van der Waals surface area contributed by atoms with Crippen molar-refractivity contribution in [3.05, 3.63) is 35.4 Å². The van der Waals surface area contributed by atoms with E-state index in [4.69, 9.17) is 9.47 Å². The van der Waals surface area contributed by atoms with Crippen LogP contribution in [0.3, 0.4) is 0 Å². The number of carbonyl (C=O) groups excluding carboxylic acids is 1. The summed E-state index contributed by atoms with van der Waals surface area (Å²) in [5, 5.41) is 0. The molecule has 4 heteroatoms. The van der Waals surface area contributed by atoms with Crippen molar-refractivity contribution in [2.24, 2.45) is 10.9 Å². The van der Waals surface area contributed by atoms with Crippen LogP contribution >= 0.6 is 0 Å². The third kappa shape index (κ3) is 4.09. The lowest BCUT2D eigenvalue weighted by molar-refractivity contribution is 0.0545. The molecule has 120 valence electrons. The number of aliphatic imine (C=N–C) groups is 1. The van der Waals surface area contributed by atoms with Gasteiger partial charge in [0.05, 0.1) is 11.6 Å². The van der Waals surface area contributed by atoms with E-state index < -0.39 is 0 Å². The Labute approximate surface area is 132 Å². The Hall–Kier alpha value is -1.84. The first-order chi connectivity index (χ1) is 10.3. The molecular weight excluding hydrogens is 278 g/mol. The second-order valence-electron chi connectivity index (χ2n) is 7.05. The highest BCUT2D eigenvalue weighted by molar-refractivity contribution is 5.91. The van der Waals surface area contributed by atoms with Crippen LogP contribution in [0.4, 0.5) is 0 Å². The zero-order valence-electron chi connectivity index (χ0n) is 14.1. The number of benzene rings is 1. The number of hydrogen-bond donors (Lipinski definition) is 0. The van der Waals surface area contributed by atoms with Gasteiger partial charge in [0.15, 0.2) is 6.61 Å². The summed E-state index contributed by atoms with van der Waals surface area (Å²) in [5.74, 6) is 0.598. The molecule has 4 nitrogen and oxygen atoms in total. The number of rotatable bonds is 4. The average molecular weight is 303 g/mol. The number of ether oxygens (including phenoxy) is 2.